The Labute approximate surface area is 463 Å². The standard InChI is InChI=1S/C54H69N11O9S4/c1-31(2)73-53(66)59-36-12-7-34(8-13-36)51-55-26-45(75-51)43-18-17-39(23-47(43)77(68,69)41-20-21-72-30-41)58-50-25-40(62-64-50)11-6-33(4)74-54(67)60-37-14-9-35(10-15-37)52-56-27-46(76-52)44-19-16-38(57-49-22-32(3)61-63-49)24-48(44)78(70,71)42-28-65(5)29-42/h16-19,22-27,31,33-37,41-42H,6-15,20-21,28-30H2,1-5H3,(H,59,66)(H,60,67)(H2,57,61,63)(H2,58,62,64)/t33?,34-,35-,36-,37-,41?. The van der Waals surface area contributed by atoms with Gasteiger partial charge in [0.25, 0.3) is 0 Å². The van der Waals surface area contributed by atoms with Crippen LogP contribution in [0.3, 0.4) is 0 Å². The number of hydrogen-bond acceptors (Lipinski definition) is 18. The highest BCUT2D eigenvalue weighted by molar-refractivity contribution is 7.92. The van der Waals surface area contributed by atoms with Crippen LogP contribution in [0.15, 0.2) is 70.7 Å². The Morgan fingerprint density at radius 3 is 1.73 bits per heavy atom. The molecule has 2 saturated carbocycles. The summed E-state index contributed by atoms with van der Waals surface area (Å²) < 4.78 is 73.1. The number of rotatable bonds is 19. The van der Waals surface area contributed by atoms with Crippen LogP contribution in [0.2, 0.25) is 0 Å². The van der Waals surface area contributed by atoms with E-state index in [4.69, 9.17) is 24.2 Å². The van der Waals surface area contributed by atoms with Crippen LogP contribution in [0.4, 0.5) is 32.6 Å². The SMILES string of the molecule is Cc1cc(Nc2ccc(-c3cnc([C@H]4CC[C@H](NC(=O)OC(C)CCc5cc(Nc6ccc(-c7cnc([C@H]8CC[C@H](NC(=O)OC(C)C)CC8)s7)c(S(=O)(=O)C7CCOC7)c6)n[nH]5)CC4)s3)c(S(=O)(=O)C3CN(C)C3)c2)n[nH]1. The lowest BCUT2D eigenvalue weighted by Gasteiger charge is -2.35. The number of alkyl carbamates (subject to hydrolysis) is 2. The zero-order valence-electron chi connectivity index (χ0n) is 44.5. The summed E-state index contributed by atoms with van der Waals surface area (Å²) in [6.45, 7) is 8.91. The predicted molar refractivity (Wildman–Crippen MR) is 301 cm³/mol. The van der Waals surface area contributed by atoms with Gasteiger partial charge < -0.3 is 40.4 Å². The molecule has 4 fully saturated rings. The first-order valence-corrected chi connectivity index (χ1v) is 31.6. The zero-order chi connectivity index (χ0) is 54.7. The van der Waals surface area contributed by atoms with Crippen LogP contribution in [0.25, 0.3) is 20.9 Å². The lowest BCUT2D eigenvalue weighted by atomic mass is 9.86. The van der Waals surface area contributed by atoms with E-state index in [0.717, 1.165) is 82.5 Å². The van der Waals surface area contributed by atoms with E-state index < -0.39 is 42.4 Å². The minimum Gasteiger partial charge on any atom is -0.447 e. The van der Waals surface area contributed by atoms with Gasteiger partial charge in [-0.05, 0) is 130 Å². The summed E-state index contributed by atoms with van der Waals surface area (Å²) in [6, 6.07) is 14.5. The van der Waals surface area contributed by atoms with Crippen molar-refractivity contribution in [1.82, 2.24) is 45.9 Å². The lowest BCUT2D eigenvalue weighted by Crippen LogP contribution is -2.52. The molecule has 2 aliphatic heterocycles. The van der Waals surface area contributed by atoms with E-state index >= 15 is 0 Å². The molecule has 6 heterocycles. The average Bonchev–Trinajstić information content (AvgIpc) is 4.41. The third kappa shape index (κ3) is 13.1. The van der Waals surface area contributed by atoms with Crippen molar-refractivity contribution in [1.29, 1.82) is 0 Å². The van der Waals surface area contributed by atoms with E-state index in [1.54, 1.807) is 24.5 Å². The summed E-state index contributed by atoms with van der Waals surface area (Å²) in [4.78, 5) is 39.0. The Balaban J connectivity index is 0.705. The van der Waals surface area contributed by atoms with Crippen LogP contribution < -0.4 is 21.3 Å². The number of anilines is 4. The molecule has 24 heteroatoms. The number of likely N-dealkylation sites (tertiary alicyclic amines) is 1. The van der Waals surface area contributed by atoms with E-state index in [-0.39, 0.29) is 52.5 Å². The molecule has 10 rings (SSSR count). The van der Waals surface area contributed by atoms with Crippen molar-refractivity contribution in [3.8, 4) is 20.9 Å². The average molecular weight is 1140 g/mol. The highest BCUT2D eigenvalue weighted by Crippen LogP contribution is 2.43. The number of aromatic amines is 2. The molecule has 6 N–H and O–H groups in total. The number of carbonyl (C=O) groups is 2. The van der Waals surface area contributed by atoms with Gasteiger partial charge in [-0.2, -0.15) is 10.2 Å². The molecule has 2 atom stereocenters. The molecule has 2 aromatic carbocycles. The van der Waals surface area contributed by atoms with Crippen molar-refractivity contribution in [2.45, 2.75) is 155 Å². The largest absolute Gasteiger partial charge is 0.447 e. The van der Waals surface area contributed by atoms with Crippen LogP contribution in [-0.4, -0.2) is 132 Å². The zero-order valence-corrected chi connectivity index (χ0v) is 47.8. The summed E-state index contributed by atoms with van der Waals surface area (Å²) in [6.07, 6.45) is 10.1. The molecule has 4 aliphatic rings. The van der Waals surface area contributed by atoms with Crippen molar-refractivity contribution in [3.63, 3.8) is 0 Å². The van der Waals surface area contributed by atoms with E-state index in [1.807, 2.05) is 76.0 Å². The van der Waals surface area contributed by atoms with Crippen molar-refractivity contribution in [2.75, 3.05) is 44.0 Å². The molecule has 0 radical (unpaired) electrons. The number of ether oxygens (including phenoxy) is 3. The van der Waals surface area contributed by atoms with Gasteiger partial charge in [-0.15, -0.1) is 22.7 Å². The molecular formula is C54H69N11O9S4. The second-order valence-electron chi connectivity index (χ2n) is 21.5. The molecule has 2 amide bonds. The molecule has 78 heavy (non-hydrogen) atoms. The Morgan fingerprint density at radius 1 is 0.705 bits per heavy atom. The number of benzene rings is 2. The maximum Gasteiger partial charge on any atom is 0.407 e. The second-order valence-corrected chi connectivity index (χ2v) is 28.0. The quantitative estimate of drug-likeness (QED) is 0.0441. The van der Waals surface area contributed by atoms with Gasteiger partial charge in [0.2, 0.25) is 0 Å². The molecule has 0 spiro atoms. The normalized spacial score (nSPS) is 21.7. The second kappa shape index (κ2) is 23.8. The Bertz CT molecular complexity index is 3290. The highest BCUT2D eigenvalue weighted by Gasteiger charge is 2.39. The predicted octanol–water partition coefficient (Wildman–Crippen LogP) is 9.76. The Hall–Kier alpha value is -5.92. The van der Waals surface area contributed by atoms with Gasteiger partial charge in [0, 0.05) is 102 Å². The number of carbonyl (C=O) groups excluding carboxylic acids is 2. The summed E-state index contributed by atoms with van der Waals surface area (Å²) >= 11 is 3.04. The number of nitrogens with one attached hydrogen (secondary N) is 6. The van der Waals surface area contributed by atoms with Crippen molar-refractivity contribution in [3.05, 3.63) is 82.3 Å². The van der Waals surface area contributed by atoms with Crippen LogP contribution in [0.1, 0.15) is 118 Å². The van der Waals surface area contributed by atoms with Crippen LogP contribution >= 0.6 is 22.7 Å². The fourth-order valence-corrected chi connectivity index (χ4v) is 17.0. The first-order chi connectivity index (χ1) is 37.4. The topological polar surface area (TPSA) is 265 Å². The lowest BCUT2D eigenvalue weighted by molar-refractivity contribution is 0.0967. The van der Waals surface area contributed by atoms with E-state index in [1.165, 1.54) is 22.7 Å². The number of thiazole rings is 2. The molecule has 2 unspecified atom stereocenters. The van der Waals surface area contributed by atoms with Gasteiger partial charge >= 0.3 is 12.2 Å². The van der Waals surface area contributed by atoms with Crippen molar-refractivity contribution < 1.29 is 40.6 Å². The molecule has 6 aromatic rings. The molecular weight excluding hydrogens is 1070 g/mol. The van der Waals surface area contributed by atoms with Gasteiger partial charge in [-0.3, -0.25) is 10.2 Å². The number of aromatic nitrogens is 6. The molecule has 4 aromatic heterocycles. The first kappa shape index (κ1) is 55.4. The monoisotopic (exact) mass is 1140 g/mol. The van der Waals surface area contributed by atoms with E-state index in [2.05, 4.69) is 41.7 Å². The first-order valence-electron chi connectivity index (χ1n) is 26.9. The number of aryl methyl sites for hydroxylation is 2. The number of nitrogens with zero attached hydrogens (tertiary/aromatic N) is 5. The van der Waals surface area contributed by atoms with Gasteiger partial charge in [0.05, 0.1) is 52.8 Å². The smallest absolute Gasteiger partial charge is 0.407 e. The van der Waals surface area contributed by atoms with Crippen LogP contribution in [-0.2, 0) is 40.3 Å². The number of amides is 2. The summed E-state index contributed by atoms with van der Waals surface area (Å²) in [7, 11) is -5.49. The molecule has 2 saturated heterocycles. The summed E-state index contributed by atoms with van der Waals surface area (Å²) in [5, 5.41) is 28.0. The Kier molecular flexibility index (Phi) is 16.9. The van der Waals surface area contributed by atoms with Gasteiger partial charge in [-0.25, -0.2) is 36.4 Å². The summed E-state index contributed by atoms with van der Waals surface area (Å²) in [5.74, 6) is 1.52. The van der Waals surface area contributed by atoms with E-state index in [9.17, 15) is 26.4 Å². The van der Waals surface area contributed by atoms with Gasteiger partial charge in [-0.1, -0.05) is 12.1 Å². The number of H-pyrrole nitrogens is 2. The van der Waals surface area contributed by atoms with Crippen LogP contribution in [0, 0.1) is 6.92 Å². The third-order valence-electron chi connectivity index (χ3n) is 15.1. The number of sulfone groups is 2. The van der Waals surface area contributed by atoms with Crippen molar-refractivity contribution in [2.24, 2.45) is 0 Å². The van der Waals surface area contributed by atoms with Crippen LogP contribution in [0.5, 0.6) is 0 Å². The minimum atomic E-state index is -3.78. The fraction of sp³-hybridized carbons (Fsp3) is 0.519. The number of hydrogen-bond donors (Lipinski definition) is 6. The van der Waals surface area contributed by atoms with Crippen molar-refractivity contribution >= 4 is 77.5 Å². The minimum absolute atomic E-state index is 0.0443. The third-order valence-corrected chi connectivity index (χ3v) is 21.8. The summed E-state index contributed by atoms with van der Waals surface area (Å²) in [5.41, 5.74) is 4.15. The van der Waals surface area contributed by atoms with Gasteiger partial charge in [0.1, 0.15) is 6.10 Å². The Morgan fingerprint density at radius 2 is 1.23 bits per heavy atom. The maximum atomic E-state index is 14.2. The van der Waals surface area contributed by atoms with Gasteiger partial charge in [0.15, 0.2) is 31.3 Å². The maximum absolute atomic E-state index is 14.2. The fourth-order valence-electron chi connectivity index (χ4n) is 10.8. The molecule has 20 nitrogen and oxygen atoms in total. The molecule has 418 valence electrons. The molecule has 0 bridgehead atoms. The van der Waals surface area contributed by atoms with E-state index in [0.29, 0.717) is 73.1 Å². The highest BCUT2D eigenvalue weighted by atomic mass is 32.2. The molecule has 2 aliphatic carbocycles.